The Morgan fingerprint density at radius 2 is 1.94 bits per heavy atom. The lowest BCUT2D eigenvalue weighted by molar-refractivity contribution is 0.596. The molecule has 0 aliphatic carbocycles. The molecule has 1 aromatic heterocycles. The first-order chi connectivity index (χ1) is 10.6. The van der Waals surface area contributed by atoms with Crippen molar-refractivity contribution in [2.24, 2.45) is 4.40 Å². The molecule has 3 N–H and O–H groups in total. The predicted octanol–water partition coefficient (Wildman–Crippen LogP) is 0.887. The van der Waals surface area contributed by atoms with Crippen LogP contribution in [0.3, 0.4) is 0 Å². The predicted molar refractivity (Wildman–Crippen MR) is 64.4 cm³/mol. The van der Waals surface area contributed by atoms with Crippen LogP contribution in [-0.4, -0.2) is 13.4 Å². The zero-order valence-corrected chi connectivity index (χ0v) is 9.22. The van der Waals surface area contributed by atoms with Crippen LogP contribution >= 0.6 is 0 Å². The number of nitrogens with one attached hydrogen (secondary N) is 1. The molecule has 0 spiro atoms. The van der Waals surface area contributed by atoms with E-state index in [9.17, 15) is 8.42 Å². The summed E-state index contributed by atoms with van der Waals surface area (Å²) in [5.74, 6) is 0. The van der Waals surface area contributed by atoms with Gasteiger partial charge in [0, 0.05) is 11.9 Å². The number of nitrogens with two attached hydrogens (primary N) is 1. The zero-order valence-electron chi connectivity index (χ0n) is 14.4. The van der Waals surface area contributed by atoms with Crippen molar-refractivity contribution in [1.29, 1.82) is 0 Å². The Kier molecular flexibility index (Phi) is 1.57. The van der Waals surface area contributed by atoms with Gasteiger partial charge in [0.2, 0.25) is 0 Å². The minimum atomic E-state index is -4.66. The lowest BCUT2D eigenvalue weighted by Crippen LogP contribution is -2.10. The van der Waals surface area contributed by atoms with E-state index in [4.69, 9.17) is 14.0 Å². The first-order valence-corrected chi connectivity index (χ1v) is 5.83. The van der Waals surface area contributed by atoms with Crippen molar-refractivity contribution in [1.82, 2.24) is 4.98 Å². The Labute approximate surface area is 107 Å². The molecule has 0 aliphatic rings. The summed E-state index contributed by atoms with van der Waals surface area (Å²) >= 11 is 0. The summed E-state index contributed by atoms with van der Waals surface area (Å²) in [4.78, 5) is 1.45. The van der Waals surface area contributed by atoms with Crippen molar-refractivity contribution < 1.29 is 16.6 Å². The molecule has 2 rings (SSSR count). The number of anilines is 1. The van der Waals surface area contributed by atoms with Crippen LogP contribution in [0.4, 0.5) is 5.69 Å². The molecule has 0 saturated heterocycles. The van der Waals surface area contributed by atoms with Crippen molar-refractivity contribution >= 4 is 15.7 Å². The minimum absolute atomic E-state index is 0.269. The van der Waals surface area contributed by atoms with Gasteiger partial charge in [-0.05, 0) is 36.3 Å². The van der Waals surface area contributed by atoms with Gasteiger partial charge in [0.15, 0.2) is 0 Å². The van der Waals surface area contributed by atoms with Crippen LogP contribution in [0.2, 0.25) is 0 Å². The highest BCUT2D eigenvalue weighted by molar-refractivity contribution is 7.90. The summed E-state index contributed by atoms with van der Waals surface area (Å²) in [6, 6.07) is -2.60. The highest BCUT2D eigenvalue weighted by Crippen LogP contribution is 2.13. The van der Waals surface area contributed by atoms with E-state index in [1.54, 1.807) is 0 Å². The molecule has 0 atom stereocenters. The molecular weight excluding hydrogens is 238 g/mol. The number of nitrogen functional groups attached to an aromatic ring is 1. The van der Waals surface area contributed by atoms with Crippen molar-refractivity contribution in [3.05, 3.63) is 54.0 Å². The average molecular weight is 255 g/mol. The fourth-order valence-corrected chi connectivity index (χ4v) is 1.75. The van der Waals surface area contributed by atoms with Crippen LogP contribution in [0, 0.1) is 0 Å². The van der Waals surface area contributed by atoms with Crippen molar-refractivity contribution in [2.45, 2.75) is 4.90 Å². The molecule has 1 heterocycles. The van der Waals surface area contributed by atoms with Crippen molar-refractivity contribution in [2.75, 3.05) is 5.73 Å². The Bertz CT molecular complexity index is 941. The second kappa shape index (κ2) is 4.42. The SMILES string of the molecule is [2H]c1cc[nH]/c(=N\S(=O)(=O)c2c([2H])c([2H])c(N)c([2H])c2[2H])c1[2H]. The number of nitrogens with zero attached hydrogens (tertiary/aromatic N) is 1. The van der Waals surface area contributed by atoms with Gasteiger partial charge in [-0.3, -0.25) is 0 Å². The number of hydrogen-bond acceptors (Lipinski definition) is 3. The van der Waals surface area contributed by atoms with Gasteiger partial charge in [0.25, 0.3) is 10.0 Å². The summed E-state index contributed by atoms with van der Waals surface area (Å²) in [5, 5.41) is 0. The Morgan fingerprint density at radius 3 is 2.65 bits per heavy atom. The molecule has 88 valence electrons. The Balaban J connectivity index is 2.84. The van der Waals surface area contributed by atoms with Crippen LogP contribution in [0.25, 0.3) is 0 Å². The maximum atomic E-state index is 12.3. The first kappa shape index (κ1) is 6.02. The van der Waals surface area contributed by atoms with Crippen LogP contribution in [0.5, 0.6) is 0 Å². The fraction of sp³-hybridized carbons (Fsp3) is 0. The standard InChI is InChI=1S/C11H11N3O2S/c12-9-4-6-10(7-5-9)17(15,16)14-11-3-1-2-8-13-11/h1-8H,12H2,(H,13,14)/i1D,3D,4D,5D,6D,7D. The normalized spacial score (nSPS) is 17.5. The Morgan fingerprint density at radius 1 is 1.24 bits per heavy atom. The number of hydrogen-bond donors (Lipinski definition) is 2. The van der Waals surface area contributed by atoms with E-state index in [2.05, 4.69) is 9.38 Å². The van der Waals surface area contributed by atoms with E-state index >= 15 is 0 Å². The lowest BCUT2D eigenvalue weighted by atomic mass is 10.3. The van der Waals surface area contributed by atoms with Crippen molar-refractivity contribution in [3.63, 3.8) is 0 Å². The third-order valence-electron chi connectivity index (χ3n) is 1.67. The largest absolute Gasteiger partial charge is 0.399 e. The number of rotatable bonds is 2. The molecule has 0 amide bonds. The fourth-order valence-electron chi connectivity index (χ4n) is 0.963. The van der Waals surface area contributed by atoms with Gasteiger partial charge in [0.05, 0.1) is 13.1 Å². The number of aromatic nitrogens is 1. The van der Waals surface area contributed by atoms with Gasteiger partial charge in [-0.2, -0.15) is 8.42 Å². The molecular formula is C11H11N3O2S. The summed E-state index contributed by atoms with van der Waals surface area (Å²) in [6.45, 7) is 0. The molecule has 0 unspecified atom stereocenters. The average Bonchev–Trinajstić information content (AvgIpc) is 2.47. The molecule has 0 aliphatic heterocycles. The lowest BCUT2D eigenvalue weighted by Gasteiger charge is -1.98. The van der Waals surface area contributed by atoms with Crippen LogP contribution < -0.4 is 11.2 Å². The van der Waals surface area contributed by atoms with E-state index in [1.165, 1.54) is 12.3 Å². The number of aromatic amines is 1. The van der Waals surface area contributed by atoms with Gasteiger partial charge in [-0.25, -0.2) is 0 Å². The van der Waals surface area contributed by atoms with Crippen LogP contribution in [0.15, 0.2) is 57.8 Å². The van der Waals surface area contributed by atoms with Crippen LogP contribution in [0.1, 0.15) is 8.22 Å². The third kappa shape index (κ3) is 2.73. The monoisotopic (exact) mass is 255 g/mol. The van der Waals surface area contributed by atoms with Gasteiger partial charge < -0.3 is 10.7 Å². The molecule has 5 nitrogen and oxygen atoms in total. The van der Waals surface area contributed by atoms with Gasteiger partial charge in [-0.1, -0.05) is 6.04 Å². The molecule has 0 fully saturated rings. The molecule has 1 aromatic carbocycles. The van der Waals surface area contributed by atoms with E-state index in [0.717, 1.165) is 0 Å². The molecule has 17 heavy (non-hydrogen) atoms. The minimum Gasteiger partial charge on any atom is -0.399 e. The van der Waals surface area contributed by atoms with E-state index in [0.29, 0.717) is 0 Å². The smallest absolute Gasteiger partial charge is 0.284 e. The van der Waals surface area contributed by atoms with Crippen LogP contribution in [-0.2, 0) is 10.0 Å². The maximum absolute atomic E-state index is 12.3. The zero-order chi connectivity index (χ0) is 17.5. The van der Waals surface area contributed by atoms with Gasteiger partial charge >= 0.3 is 0 Å². The summed E-state index contributed by atoms with van der Waals surface area (Å²) in [5.41, 5.74) is 4.47. The molecule has 6 heteroatoms. The second-order valence-electron chi connectivity index (χ2n) is 2.90. The molecule has 2 aromatic rings. The van der Waals surface area contributed by atoms with Gasteiger partial charge in [-0.15, -0.1) is 4.40 Å². The summed E-state index contributed by atoms with van der Waals surface area (Å²) in [6.07, 6.45) is 1.22. The number of H-pyrrole nitrogens is 1. The number of benzene rings is 1. The summed E-state index contributed by atoms with van der Waals surface area (Å²) in [7, 11) is -4.66. The second-order valence-corrected chi connectivity index (χ2v) is 4.45. The Hall–Kier alpha value is -2.08. The highest BCUT2D eigenvalue weighted by atomic mass is 32.2. The maximum Gasteiger partial charge on any atom is 0.284 e. The summed E-state index contributed by atoms with van der Waals surface area (Å²) < 4.78 is 73.5. The third-order valence-corrected chi connectivity index (χ3v) is 2.81. The highest BCUT2D eigenvalue weighted by Gasteiger charge is 2.11. The molecule has 0 bridgehead atoms. The van der Waals surface area contributed by atoms with Gasteiger partial charge in [0.1, 0.15) is 5.49 Å². The quantitative estimate of drug-likeness (QED) is 0.781. The van der Waals surface area contributed by atoms with E-state index in [1.807, 2.05) is 0 Å². The number of sulfonamides is 1. The topological polar surface area (TPSA) is 88.3 Å². The molecule has 0 radical (unpaired) electrons. The number of pyridine rings is 1. The van der Waals surface area contributed by atoms with E-state index < -0.39 is 56.3 Å². The molecule has 0 saturated carbocycles. The first-order valence-electron chi connectivity index (χ1n) is 7.39. The van der Waals surface area contributed by atoms with E-state index in [-0.39, 0.29) is 6.04 Å². The van der Waals surface area contributed by atoms with Crippen molar-refractivity contribution in [3.8, 4) is 0 Å².